The molecule has 2 atom stereocenters. The first-order chi connectivity index (χ1) is 19.5. The van der Waals surface area contributed by atoms with E-state index < -0.39 is 28.3 Å². The van der Waals surface area contributed by atoms with Gasteiger partial charge in [-0.1, -0.05) is 30.3 Å². The van der Waals surface area contributed by atoms with Crippen molar-refractivity contribution in [2.24, 2.45) is 7.05 Å². The van der Waals surface area contributed by atoms with E-state index in [-0.39, 0.29) is 54.7 Å². The van der Waals surface area contributed by atoms with Gasteiger partial charge in [0, 0.05) is 50.2 Å². The van der Waals surface area contributed by atoms with Crippen LogP contribution in [0.1, 0.15) is 18.9 Å². The minimum absolute atomic E-state index is 0.0748. The van der Waals surface area contributed by atoms with Crippen LogP contribution in [0, 0.1) is 0 Å². The number of hydrogen-bond acceptors (Lipinski definition) is 8. The number of hydrogen-bond donors (Lipinski definition) is 3. The van der Waals surface area contributed by atoms with Crippen LogP contribution in [-0.2, 0) is 29.4 Å². The summed E-state index contributed by atoms with van der Waals surface area (Å²) in [4.78, 5) is 34.7. The number of aromatic nitrogens is 5. The average molecular weight is 585 g/mol. The van der Waals surface area contributed by atoms with Crippen molar-refractivity contribution < 1.29 is 22.7 Å². The molecule has 0 spiro atoms. The molecular weight excluding hydrogens is 555 g/mol. The van der Waals surface area contributed by atoms with Gasteiger partial charge in [0.1, 0.15) is 11.8 Å². The maximum absolute atomic E-state index is 14.1. The van der Waals surface area contributed by atoms with Crippen molar-refractivity contribution in [2.45, 2.75) is 37.9 Å². The highest BCUT2D eigenvalue weighted by Gasteiger charge is 2.30. The number of nitrogens with zero attached hydrogens (tertiary/aromatic N) is 6. The number of amides is 1. The number of halogens is 1. The molecule has 0 bridgehead atoms. The van der Waals surface area contributed by atoms with Crippen LogP contribution in [0.5, 0.6) is 0 Å². The van der Waals surface area contributed by atoms with Gasteiger partial charge in [0.2, 0.25) is 16.0 Å². The molecule has 0 saturated carbocycles. The Hall–Kier alpha value is -4.53. The molecule has 1 aromatic carbocycles. The summed E-state index contributed by atoms with van der Waals surface area (Å²) >= 11 is 0. The molecular formula is C26H29FN8O5S. The van der Waals surface area contributed by atoms with E-state index >= 15 is 0 Å². The first kappa shape index (κ1) is 28.0. The van der Waals surface area contributed by atoms with Crippen molar-refractivity contribution in [3.05, 3.63) is 64.6 Å². The van der Waals surface area contributed by atoms with Gasteiger partial charge in [0.25, 0.3) is 5.56 Å². The predicted molar refractivity (Wildman–Crippen MR) is 151 cm³/mol. The number of sulfonamides is 1. The standard InChI is InChI=1S/C26H29FN8O5S/c1-3-35-23-17(12-28-25(30-23)29-19-10-18(27)13-34(14-19)26(37)38)9-20(24(35)36)21-11-22(31-33(21)2)32-41(39,40)15-16-7-5-4-6-8-16/h4-9,11-12,18-19H,3,10,13-15H2,1-2H3,(H,31,32)(H,37,38)(H,28,29,30)/t18-,19-/m0/s1. The van der Waals surface area contributed by atoms with E-state index in [0.717, 1.165) is 4.90 Å². The Labute approximate surface area is 234 Å². The van der Waals surface area contributed by atoms with Crippen LogP contribution in [0.25, 0.3) is 22.3 Å². The Morgan fingerprint density at radius 1 is 1.20 bits per heavy atom. The second-order valence-corrected chi connectivity index (χ2v) is 11.5. The zero-order chi connectivity index (χ0) is 29.3. The van der Waals surface area contributed by atoms with Gasteiger partial charge in [-0.15, -0.1) is 0 Å². The topological polar surface area (TPSA) is 164 Å². The molecule has 3 N–H and O–H groups in total. The monoisotopic (exact) mass is 584 g/mol. The van der Waals surface area contributed by atoms with Crippen LogP contribution in [0.4, 0.5) is 21.0 Å². The number of nitrogens with one attached hydrogen (secondary N) is 2. The fourth-order valence-corrected chi connectivity index (χ4v) is 6.07. The molecule has 3 aromatic heterocycles. The van der Waals surface area contributed by atoms with Crippen molar-refractivity contribution in [1.29, 1.82) is 0 Å². The minimum atomic E-state index is -3.75. The summed E-state index contributed by atoms with van der Waals surface area (Å²) in [5.74, 6) is -0.00877. The number of aryl methyl sites for hydroxylation is 2. The average Bonchev–Trinajstić information content (AvgIpc) is 3.26. The lowest BCUT2D eigenvalue weighted by Crippen LogP contribution is -2.49. The van der Waals surface area contributed by atoms with Gasteiger partial charge in [-0.05, 0) is 18.6 Å². The Morgan fingerprint density at radius 3 is 2.66 bits per heavy atom. The Bertz CT molecular complexity index is 1760. The third kappa shape index (κ3) is 6.14. The van der Waals surface area contributed by atoms with Crippen molar-refractivity contribution in [1.82, 2.24) is 29.2 Å². The highest BCUT2D eigenvalue weighted by Crippen LogP contribution is 2.24. The summed E-state index contributed by atoms with van der Waals surface area (Å²) in [7, 11) is -2.15. The molecule has 4 aromatic rings. The summed E-state index contributed by atoms with van der Waals surface area (Å²) in [6.45, 7) is 1.95. The second kappa shape index (κ2) is 11.2. The molecule has 0 unspecified atom stereocenters. The number of likely N-dealkylation sites (tertiary alicyclic amines) is 1. The number of carbonyl (C=O) groups is 1. The zero-order valence-corrected chi connectivity index (χ0v) is 23.2. The molecule has 1 saturated heterocycles. The summed E-state index contributed by atoms with van der Waals surface area (Å²) in [5.41, 5.74) is 1.26. The predicted octanol–water partition coefficient (Wildman–Crippen LogP) is 2.66. The number of alkyl halides is 1. The zero-order valence-electron chi connectivity index (χ0n) is 22.4. The molecule has 4 heterocycles. The van der Waals surface area contributed by atoms with Crippen LogP contribution in [0.15, 0.2) is 53.5 Å². The van der Waals surface area contributed by atoms with E-state index in [2.05, 4.69) is 25.1 Å². The van der Waals surface area contributed by atoms with E-state index in [1.807, 2.05) is 0 Å². The lowest BCUT2D eigenvalue weighted by Gasteiger charge is -2.33. The highest BCUT2D eigenvalue weighted by molar-refractivity contribution is 7.91. The summed E-state index contributed by atoms with van der Waals surface area (Å²) in [5, 5.41) is 17.0. The van der Waals surface area contributed by atoms with Crippen LogP contribution >= 0.6 is 0 Å². The van der Waals surface area contributed by atoms with Crippen molar-refractivity contribution in [2.75, 3.05) is 23.1 Å². The van der Waals surface area contributed by atoms with Gasteiger partial charge < -0.3 is 15.3 Å². The summed E-state index contributed by atoms with van der Waals surface area (Å²) < 4.78 is 44.9. The Kier molecular flexibility index (Phi) is 7.62. The third-order valence-corrected chi connectivity index (χ3v) is 8.00. The smallest absolute Gasteiger partial charge is 0.407 e. The van der Waals surface area contributed by atoms with Crippen molar-refractivity contribution >= 4 is 38.9 Å². The first-order valence-electron chi connectivity index (χ1n) is 12.9. The van der Waals surface area contributed by atoms with Crippen LogP contribution < -0.4 is 15.6 Å². The number of benzene rings is 1. The van der Waals surface area contributed by atoms with Gasteiger partial charge in [-0.2, -0.15) is 10.1 Å². The molecule has 0 aliphatic carbocycles. The number of piperidine rings is 1. The van der Waals surface area contributed by atoms with E-state index in [9.17, 15) is 27.5 Å². The van der Waals surface area contributed by atoms with Crippen LogP contribution in [0.3, 0.4) is 0 Å². The lowest BCUT2D eigenvalue weighted by molar-refractivity contribution is 0.102. The fraction of sp³-hybridized carbons (Fsp3) is 0.346. The fourth-order valence-electron chi connectivity index (χ4n) is 4.94. The quantitative estimate of drug-likeness (QED) is 0.282. The minimum Gasteiger partial charge on any atom is -0.465 e. The lowest BCUT2D eigenvalue weighted by atomic mass is 10.0. The van der Waals surface area contributed by atoms with Crippen LogP contribution in [0.2, 0.25) is 0 Å². The van der Waals surface area contributed by atoms with E-state index in [0.29, 0.717) is 22.3 Å². The number of carboxylic acid groups (broad SMARTS) is 1. The molecule has 1 amide bonds. The van der Waals surface area contributed by atoms with Crippen LogP contribution in [-0.4, -0.2) is 74.1 Å². The maximum Gasteiger partial charge on any atom is 0.407 e. The number of fused-ring (bicyclic) bond motifs is 1. The van der Waals surface area contributed by atoms with Crippen molar-refractivity contribution in [3.8, 4) is 11.3 Å². The molecule has 1 aliphatic rings. The van der Waals surface area contributed by atoms with Gasteiger partial charge >= 0.3 is 6.09 Å². The van der Waals surface area contributed by atoms with Crippen molar-refractivity contribution in [3.63, 3.8) is 0 Å². The van der Waals surface area contributed by atoms with Gasteiger partial charge in [-0.25, -0.2) is 22.6 Å². The normalized spacial score (nSPS) is 17.5. The SMILES string of the molecule is CCn1c(=O)c(-c2cc(NS(=O)(=O)Cc3ccccc3)nn2C)cc2cnc(N[C@H]3C[C@H](F)CN(C(=O)O)C3)nc21. The van der Waals surface area contributed by atoms with E-state index in [1.54, 1.807) is 50.4 Å². The molecule has 0 radical (unpaired) electrons. The van der Waals surface area contributed by atoms with Gasteiger partial charge in [0.15, 0.2) is 5.82 Å². The maximum atomic E-state index is 14.1. The second-order valence-electron chi connectivity index (χ2n) is 9.83. The molecule has 1 aliphatic heterocycles. The Morgan fingerprint density at radius 2 is 1.95 bits per heavy atom. The largest absolute Gasteiger partial charge is 0.465 e. The molecule has 41 heavy (non-hydrogen) atoms. The number of anilines is 2. The summed E-state index contributed by atoms with van der Waals surface area (Å²) in [6, 6.07) is 11.3. The van der Waals surface area contributed by atoms with Gasteiger partial charge in [0.05, 0.1) is 23.6 Å². The molecule has 1 fully saturated rings. The molecule has 13 nitrogen and oxygen atoms in total. The summed E-state index contributed by atoms with van der Waals surface area (Å²) in [6.07, 6.45) is -0.901. The number of rotatable bonds is 8. The molecule has 15 heteroatoms. The van der Waals surface area contributed by atoms with Gasteiger partial charge in [-0.3, -0.25) is 18.8 Å². The third-order valence-electron chi connectivity index (χ3n) is 6.76. The molecule has 5 rings (SSSR count). The number of pyridine rings is 1. The Balaban J connectivity index is 1.43. The molecule has 216 valence electrons. The highest BCUT2D eigenvalue weighted by atomic mass is 32.2. The van der Waals surface area contributed by atoms with E-state index in [1.165, 1.54) is 21.5 Å². The first-order valence-corrected chi connectivity index (χ1v) is 14.6. The van der Waals surface area contributed by atoms with E-state index in [4.69, 9.17) is 0 Å².